The lowest BCUT2D eigenvalue weighted by Gasteiger charge is -2.12. The molecule has 0 unspecified atom stereocenters. The van der Waals surface area contributed by atoms with Crippen LogP contribution in [0.4, 0.5) is 0 Å². The molecule has 0 spiro atoms. The van der Waals surface area contributed by atoms with Gasteiger partial charge in [-0.15, -0.1) is 40.6 Å². The average Bonchev–Trinajstić information content (AvgIpc) is 2.78. The van der Waals surface area contributed by atoms with Gasteiger partial charge in [0, 0.05) is 0 Å². The summed E-state index contributed by atoms with van der Waals surface area (Å²) in [7, 11) is 0. The van der Waals surface area contributed by atoms with Crippen LogP contribution >= 0.6 is 0 Å². The van der Waals surface area contributed by atoms with Crippen molar-refractivity contribution < 1.29 is 0 Å². The van der Waals surface area contributed by atoms with Crippen LogP contribution in [-0.4, -0.2) is 0 Å². The van der Waals surface area contributed by atoms with E-state index in [0.717, 1.165) is 6.42 Å². The smallest absolute Gasteiger partial charge is 0.0246 e. The highest BCUT2D eigenvalue weighted by Gasteiger charge is 2.15. The fourth-order valence-electron chi connectivity index (χ4n) is 2.82. The Bertz CT molecular complexity index is 723. The molecule has 0 atom stereocenters. The fourth-order valence-corrected chi connectivity index (χ4v) is 2.82. The van der Waals surface area contributed by atoms with Crippen molar-refractivity contribution in [3.8, 4) is 11.1 Å². The standard InChI is InChI=1S/C17H11/c1-3-7-14-12(5-1)9-10-16-15-8-4-2-6-13(15)11-17(14)16/h1-6,8-10H,11H2/q-1. The van der Waals surface area contributed by atoms with Crippen LogP contribution < -0.4 is 0 Å². The predicted molar refractivity (Wildman–Crippen MR) is 71.0 cm³/mol. The molecular weight excluding hydrogens is 204 g/mol. The molecule has 80 valence electrons. The van der Waals surface area contributed by atoms with Gasteiger partial charge in [-0.25, -0.2) is 0 Å². The van der Waals surface area contributed by atoms with Crippen LogP contribution in [0.1, 0.15) is 11.1 Å². The molecule has 17 heavy (non-hydrogen) atoms. The van der Waals surface area contributed by atoms with Crippen molar-refractivity contribution in [2.24, 2.45) is 0 Å². The van der Waals surface area contributed by atoms with Gasteiger partial charge in [0.05, 0.1) is 0 Å². The summed E-state index contributed by atoms with van der Waals surface area (Å²) in [5, 5.41) is 2.57. The number of benzene rings is 3. The maximum Gasteiger partial charge on any atom is -0.0246 e. The van der Waals surface area contributed by atoms with Gasteiger partial charge < -0.3 is 0 Å². The van der Waals surface area contributed by atoms with Gasteiger partial charge in [0.1, 0.15) is 0 Å². The van der Waals surface area contributed by atoms with Crippen molar-refractivity contribution in [3.05, 3.63) is 71.8 Å². The van der Waals surface area contributed by atoms with Crippen LogP contribution in [0.5, 0.6) is 0 Å². The molecule has 3 aromatic carbocycles. The summed E-state index contributed by atoms with van der Waals surface area (Å²) < 4.78 is 0. The van der Waals surface area contributed by atoms with Gasteiger partial charge in [-0.3, -0.25) is 0 Å². The van der Waals surface area contributed by atoms with E-state index in [4.69, 9.17) is 0 Å². The maximum absolute atomic E-state index is 3.39. The second-order valence-electron chi connectivity index (χ2n) is 4.56. The lowest BCUT2D eigenvalue weighted by atomic mass is 9.99. The monoisotopic (exact) mass is 215 g/mol. The number of rotatable bonds is 0. The van der Waals surface area contributed by atoms with E-state index in [9.17, 15) is 0 Å². The van der Waals surface area contributed by atoms with Crippen LogP contribution in [-0.2, 0) is 6.42 Å². The zero-order valence-corrected chi connectivity index (χ0v) is 9.40. The number of fused-ring (bicyclic) bond motifs is 5. The molecule has 0 fully saturated rings. The summed E-state index contributed by atoms with van der Waals surface area (Å²) in [4.78, 5) is 0. The maximum atomic E-state index is 3.39. The largest absolute Gasteiger partial charge is 0.147 e. The van der Waals surface area contributed by atoms with E-state index in [1.54, 1.807) is 0 Å². The van der Waals surface area contributed by atoms with Crippen LogP contribution in [0.25, 0.3) is 21.9 Å². The molecule has 0 amide bonds. The van der Waals surface area contributed by atoms with Gasteiger partial charge in [-0.1, -0.05) is 42.0 Å². The molecule has 0 radical (unpaired) electrons. The van der Waals surface area contributed by atoms with Crippen LogP contribution in [0.15, 0.2) is 54.6 Å². The average molecular weight is 215 g/mol. The molecule has 1 aliphatic rings. The summed E-state index contributed by atoms with van der Waals surface area (Å²) in [5.74, 6) is 0. The van der Waals surface area contributed by atoms with E-state index >= 15 is 0 Å². The predicted octanol–water partition coefficient (Wildman–Crippen LogP) is 4.21. The van der Waals surface area contributed by atoms with Gasteiger partial charge in [-0.2, -0.15) is 0 Å². The molecule has 0 N–H and O–H groups in total. The SMILES string of the molecule is [c-]1cccc2ccc3c(c12)Cc1ccccc1-3. The Balaban J connectivity index is 2.11. The van der Waals surface area contributed by atoms with E-state index < -0.39 is 0 Å². The summed E-state index contributed by atoms with van der Waals surface area (Å²) in [5.41, 5.74) is 5.65. The molecule has 0 bridgehead atoms. The van der Waals surface area contributed by atoms with Gasteiger partial charge >= 0.3 is 0 Å². The second-order valence-corrected chi connectivity index (χ2v) is 4.56. The van der Waals surface area contributed by atoms with Crippen LogP contribution in [0, 0.1) is 6.07 Å². The van der Waals surface area contributed by atoms with E-state index in [0.29, 0.717) is 0 Å². The normalized spacial score (nSPS) is 12.5. The first-order valence-corrected chi connectivity index (χ1v) is 5.94. The molecule has 0 saturated carbocycles. The first kappa shape index (κ1) is 9.00. The van der Waals surface area contributed by atoms with Gasteiger partial charge in [-0.05, 0) is 17.5 Å². The quantitative estimate of drug-likeness (QED) is 0.385. The minimum atomic E-state index is 1.04. The fraction of sp³-hybridized carbons (Fsp3) is 0.0588. The number of hydrogen-bond donors (Lipinski definition) is 0. The van der Waals surface area contributed by atoms with Gasteiger partial charge in [0.2, 0.25) is 0 Å². The molecule has 0 nitrogen and oxygen atoms in total. The molecule has 0 heterocycles. The van der Waals surface area contributed by atoms with Crippen molar-refractivity contribution in [1.82, 2.24) is 0 Å². The van der Waals surface area contributed by atoms with E-state index in [-0.39, 0.29) is 0 Å². The molecule has 1 aliphatic carbocycles. The minimum Gasteiger partial charge on any atom is -0.147 e. The first-order chi connectivity index (χ1) is 8.43. The second kappa shape index (κ2) is 3.21. The highest BCUT2D eigenvalue weighted by atomic mass is 14.2. The molecule has 0 saturated heterocycles. The molecular formula is C17H11-. The van der Waals surface area contributed by atoms with Gasteiger partial charge in [0.25, 0.3) is 0 Å². The molecule has 3 aromatic rings. The Morgan fingerprint density at radius 2 is 1.76 bits per heavy atom. The molecule has 0 heteroatoms. The highest BCUT2D eigenvalue weighted by molar-refractivity contribution is 5.94. The third-order valence-corrected chi connectivity index (χ3v) is 3.62. The Morgan fingerprint density at radius 1 is 0.824 bits per heavy atom. The first-order valence-electron chi connectivity index (χ1n) is 5.94. The number of hydrogen-bond acceptors (Lipinski definition) is 0. The summed E-state index contributed by atoms with van der Waals surface area (Å²) in [6.07, 6.45) is 1.04. The van der Waals surface area contributed by atoms with Crippen LogP contribution in [0.2, 0.25) is 0 Å². The molecule has 0 aromatic heterocycles. The highest BCUT2D eigenvalue weighted by Crippen LogP contribution is 2.39. The Hall–Kier alpha value is -2.08. The zero-order valence-electron chi connectivity index (χ0n) is 9.40. The van der Waals surface area contributed by atoms with E-state index in [1.165, 1.54) is 33.0 Å². The third-order valence-electron chi connectivity index (χ3n) is 3.62. The zero-order chi connectivity index (χ0) is 11.2. The Labute approximate surface area is 101 Å². The van der Waals surface area contributed by atoms with Crippen molar-refractivity contribution >= 4 is 10.8 Å². The summed E-state index contributed by atoms with van der Waals surface area (Å²) in [6, 6.07) is 22.7. The molecule has 0 aliphatic heterocycles. The van der Waals surface area contributed by atoms with Gasteiger partial charge in [0.15, 0.2) is 0 Å². The summed E-state index contributed by atoms with van der Waals surface area (Å²) in [6.45, 7) is 0. The lowest BCUT2D eigenvalue weighted by Crippen LogP contribution is -1.83. The molecule has 4 rings (SSSR count). The van der Waals surface area contributed by atoms with E-state index in [2.05, 4.69) is 54.6 Å². The Kier molecular flexibility index (Phi) is 1.70. The summed E-state index contributed by atoms with van der Waals surface area (Å²) >= 11 is 0. The Morgan fingerprint density at radius 3 is 2.76 bits per heavy atom. The van der Waals surface area contributed by atoms with Crippen molar-refractivity contribution in [2.75, 3.05) is 0 Å². The topological polar surface area (TPSA) is 0 Å². The lowest BCUT2D eigenvalue weighted by molar-refractivity contribution is 1.28. The third kappa shape index (κ3) is 1.18. The van der Waals surface area contributed by atoms with E-state index in [1.807, 2.05) is 6.07 Å². The van der Waals surface area contributed by atoms with Crippen molar-refractivity contribution in [1.29, 1.82) is 0 Å². The van der Waals surface area contributed by atoms with Crippen molar-refractivity contribution in [2.45, 2.75) is 6.42 Å². The van der Waals surface area contributed by atoms with Crippen LogP contribution in [0.3, 0.4) is 0 Å². The minimum absolute atomic E-state index is 1.04. The van der Waals surface area contributed by atoms with Crippen molar-refractivity contribution in [3.63, 3.8) is 0 Å².